The lowest BCUT2D eigenvalue weighted by Crippen LogP contribution is -2.27. The number of nitrogens with one attached hydrogen (secondary N) is 2. The summed E-state index contributed by atoms with van der Waals surface area (Å²) in [6, 6.07) is 6.92. The van der Waals surface area contributed by atoms with Crippen LogP contribution in [0.3, 0.4) is 0 Å². The van der Waals surface area contributed by atoms with Gasteiger partial charge < -0.3 is 10.6 Å². The van der Waals surface area contributed by atoms with Crippen LogP contribution in [0.2, 0.25) is 0 Å². The number of benzene rings is 1. The summed E-state index contributed by atoms with van der Waals surface area (Å²) in [6.07, 6.45) is 2.60. The highest BCUT2D eigenvalue weighted by Gasteiger charge is 2.17. The van der Waals surface area contributed by atoms with Crippen molar-refractivity contribution in [3.63, 3.8) is 0 Å². The van der Waals surface area contributed by atoms with Crippen molar-refractivity contribution in [3.05, 3.63) is 29.8 Å². The second-order valence-corrected chi connectivity index (χ2v) is 6.66. The Morgan fingerprint density at radius 3 is 2.60 bits per heavy atom. The molecule has 1 aromatic carbocycles. The first-order valence-corrected chi connectivity index (χ1v) is 8.26. The van der Waals surface area contributed by atoms with Gasteiger partial charge in [0.1, 0.15) is 0 Å². The quantitative estimate of drug-likeness (QED) is 0.739. The maximum Gasteiger partial charge on any atom is 0.225 e. The number of primary sulfonamides is 1. The molecule has 1 saturated heterocycles. The SMILES string of the molecule is NS(=O)(=O)Cc1ccc(NC(=O)CC2CCCN2)cc1. The van der Waals surface area contributed by atoms with E-state index in [-0.39, 0.29) is 17.7 Å². The fourth-order valence-electron chi connectivity index (χ4n) is 2.28. The molecule has 0 saturated carbocycles. The summed E-state index contributed by atoms with van der Waals surface area (Å²) < 4.78 is 21.9. The molecule has 7 heteroatoms. The topological polar surface area (TPSA) is 101 Å². The van der Waals surface area contributed by atoms with Gasteiger partial charge in [-0.1, -0.05) is 12.1 Å². The molecule has 1 fully saturated rings. The molecule has 0 bridgehead atoms. The van der Waals surface area contributed by atoms with Crippen molar-refractivity contribution >= 4 is 21.6 Å². The first-order valence-electron chi connectivity index (χ1n) is 6.55. The van der Waals surface area contributed by atoms with Gasteiger partial charge in [-0.2, -0.15) is 0 Å². The lowest BCUT2D eigenvalue weighted by atomic mass is 10.1. The van der Waals surface area contributed by atoms with E-state index in [0.29, 0.717) is 17.7 Å². The molecular weight excluding hydrogens is 278 g/mol. The summed E-state index contributed by atoms with van der Waals surface area (Å²) >= 11 is 0. The van der Waals surface area contributed by atoms with Crippen LogP contribution in [0.1, 0.15) is 24.8 Å². The number of rotatable bonds is 5. The molecule has 0 aliphatic carbocycles. The van der Waals surface area contributed by atoms with E-state index in [1.165, 1.54) is 0 Å². The molecule has 20 heavy (non-hydrogen) atoms. The van der Waals surface area contributed by atoms with Gasteiger partial charge in [0.25, 0.3) is 0 Å². The Bertz CT molecular complexity index is 563. The van der Waals surface area contributed by atoms with Gasteiger partial charge in [-0.05, 0) is 37.1 Å². The zero-order chi connectivity index (χ0) is 14.6. The van der Waals surface area contributed by atoms with Crippen LogP contribution in [0.4, 0.5) is 5.69 Å². The number of sulfonamides is 1. The average molecular weight is 297 g/mol. The Morgan fingerprint density at radius 1 is 1.35 bits per heavy atom. The Morgan fingerprint density at radius 2 is 2.05 bits per heavy atom. The summed E-state index contributed by atoms with van der Waals surface area (Å²) in [5.41, 5.74) is 1.26. The maximum absolute atomic E-state index is 11.8. The highest BCUT2D eigenvalue weighted by Crippen LogP contribution is 2.13. The van der Waals surface area contributed by atoms with Crippen molar-refractivity contribution < 1.29 is 13.2 Å². The van der Waals surface area contributed by atoms with Crippen molar-refractivity contribution in [2.75, 3.05) is 11.9 Å². The molecule has 1 atom stereocenters. The van der Waals surface area contributed by atoms with E-state index < -0.39 is 10.0 Å². The zero-order valence-corrected chi connectivity index (χ0v) is 11.9. The van der Waals surface area contributed by atoms with Crippen LogP contribution in [0, 0.1) is 0 Å². The lowest BCUT2D eigenvalue weighted by Gasteiger charge is -2.10. The number of nitrogens with two attached hydrogens (primary N) is 1. The number of anilines is 1. The largest absolute Gasteiger partial charge is 0.326 e. The van der Waals surface area contributed by atoms with Gasteiger partial charge in [0, 0.05) is 18.2 Å². The van der Waals surface area contributed by atoms with Crippen LogP contribution in [0.25, 0.3) is 0 Å². The molecule has 1 heterocycles. The van der Waals surface area contributed by atoms with Crippen LogP contribution >= 0.6 is 0 Å². The number of hydrogen-bond donors (Lipinski definition) is 3. The molecule has 1 aliphatic rings. The first kappa shape index (κ1) is 15.0. The van der Waals surface area contributed by atoms with Crippen molar-refractivity contribution in [1.82, 2.24) is 5.32 Å². The number of carbonyl (C=O) groups is 1. The smallest absolute Gasteiger partial charge is 0.225 e. The summed E-state index contributed by atoms with van der Waals surface area (Å²) in [7, 11) is -3.52. The summed E-state index contributed by atoms with van der Waals surface area (Å²) in [6.45, 7) is 0.972. The van der Waals surface area contributed by atoms with E-state index in [1.807, 2.05) is 0 Å². The third kappa shape index (κ3) is 4.92. The zero-order valence-electron chi connectivity index (χ0n) is 11.1. The van der Waals surface area contributed by atoms with Gasteiger partial charge in [-0.25, -0.2) is 13.6 Å². The summed E-state index contributed by atoms with van der Waals surface area (Å²) in [5, 5.41) is 11.0. The van der Waals surface area contributed by atoms with Crippen LogP contribution in [-0.2, 0) is 20.6 Å². The predicted molar refractivity (Wildman–Crippen MR) is 77.5 cm³/mol. The Kier molecular flexibility index (Phi) is 4.74. The second kappa shape index (κ2) is 6.34. The molecule has 0 aromatic heterocycles. The molecule has 1 aliphatic heterocycles. The maximum atomic E-state index is 11.8. The third-order valence-electron chi connectivity index (χ3n) is 3.20. The number of amides is 1. The Balaban J connectivity index is 1.88. The summed E-state index contributed by atoms with van der Waals surface area (Å²) in [4.78, 5) is 11.8. The molecule has 1 aromatic rings. The highest BCUT2D eigenvalue weighted by atomic mass is 32.2. The molecule has 1 amide bonds. The van der Waals surface area contributed by atoms with Crippen molar-refractivity contribution in [1.29, 1.82) is 0 Å². The molecule has 6 nitrogen and oxygen atoms in total. The fourth-order valence-corrected chi connectivity index (χ4v) is 2.94. The van der Waals surface area contributed by atoms with Crippen molar-refractivity contribution in [2.24, 2.45) is 5.14 Å². The van der Waals surface area contributed by atoms with Crippen LogP contribution in [-0.4, -0.2) is 26.9 Å². The van der Waals surface area contributed by atoms with Gasteiger partial charge in [-0.3, -0.25) is 4.79 Å². The van der Waals surface area contributed by atoms with Crippen molar-refractivity contribution in [3.8, 4) is 0 Å². The lowest BCUT2D eigenvalue weighted by molar-refractivity contribution is -0.116. The van der Waals surface area contributed by atoms with E-state index in [4.69, 9.17) is 5.14 Å². The minimum atomic E-state index is -3.52. The van der Waals surface area contributed by atoms with Gasteiger partial charge in [0.2, 0.25) is 15.9 Å². The second-order valence-electron chi connectivity index (χ2n) is 5.05. The van der Waals surface area contributed by atoms with E-state index in [9.17, 15) is 13.2 Å². The molecule has 0 spiro atoms. The van der Waals surface area contributed by atoms with Crippen molar-refractivity contribution in [2.45, 2.75) is 31.1 Å². The Hall–Kier alpha value is -1.44. The number of carbonyl (C=O) groups excluding carboxylic acids is 1. The summed E-state index contributed by atoms with van der Waals surface area (Å²) in [5.74, 6) is -0.240. The van der Waals surface area contributed by atoms with Crippen LogP contribution in [0.15, 0.2) is 24.3 Å². The van der Waals surface area contributed by atoms with E-state index in [1.54, 1.807) is 24.3 Å². The molecule has 110 valence electrons. The molecule has 0 radical (unpaired) electrons. The van der Waals surface area contributed by atoms with E-state index in [2.05, 4.69) is 10.6 Å². The van der Waals surface area contributed by atoms with Gasteiger partial charge in [0.05, 0.1) is 5.75 Å². The fraction of sp³-hybridized carbons (Fsp3) is 0.462. The first-order chi connectivity index (χ1) is 9.42. The Labute approximate surface area is 118 Å². The van der Waals surface area contributed by atoms with Gasteiger partial charge in [-0.15, -0.1) is 0 Å². The van der Waals surface area contributed by atoms with E-state index >= 15 is 0 Å². The molecular formula is C13H19N3O3S. The standard InChI is InChI=1S/C13H19N3O3S/c14-20(18,19)9-10-3-5-11(6-4-10)16-13(17)8-12-2-1-7-15-12/h3-6,12,15H,1-2,7-9H2,(H,16,17)(H2,14,18,19). The van der Waals surface area contributed by atoms with Crippen LogP contribution in [0.5, 0.6) is 0 Å². The third-order valence-corrected chi connectivity index (χ3v) is 3.94. The molecule has 1 unspecified atom stereocenters. The normalized spacial score (nSPS) is 18.9. The number of hydrogen-bond acceptors (Lipinski definition) is 4. The highest BCUT2D eigenvalue weighted by molar-refractivity contribution is 7.88. The minimum Gasteiger partial charge on any atom is -0.326 e. The molecule has 2 rings (SSSR count). The average Bonchev–Trinajstić information content (AvgIpc) is 2.82. The monoisotopic (exact) mass is 297 g/mol. The van der Waals surface area contributed by atoms with E-state index in [0.717, 1.165) is 19.4 Å². The predicted octanol–water partition coefficient (Wildman–Crippen LogP) is 0.556. The van der Waals surface area contributed by atoms with Gasteiger partial charge in [0.15, 0.2) is 0 Å². The minimum absolute atomic E-state index is 0.0383. The van der Waals surface area contributed by atoms with Gasteiger partial charge >= 0.3 is 0 Å². The molecule has 4 N–H and O–H groups in total. The van der Waals surface area contributed by atoms with Crippen LogP contribution < -0.4 is 15.8 Å².